The summed E-state index contributed by atoms with van der Waals surface area (Å²) in [6, 6.07) is 0.0923. The number of carbonyl (C=O) groups is 1. The summed E-state index contributed by atoms with van der Waals surface area (Å²) in [5.41, 5.74) is 8.12. The minimum Gasteiger partial charge on any atom is -0.341 e. The number of carbonyl (C=O) groups excluding carboxylic acids is 1. The molecule has 0 saturated carbocycles. The molecule has 0 aliphatic carbocycles. The summed E-state index contributed by atoms with van der Waals surface area (Å²) in [5.74, 6) is 0.136. The Hall–Kier alpha value is -1.69. The van der Waals surface area contributed by atoms with Crippen molar-refractivity contribution in [3.05, 3.63) is 27.4 Å². The quantitative estimate of drug-likeness (QED) is 0.856. The van der Waals surface area contributed by atoms with Gasteiger partial charge in [-0.05, 0) is 38.7 Å². The van der Waals surface area contributed by atoms with Crippen LogP contribution >= 0.6 is 0 Å². The molecule has 0 radical (unpaired) electrons. The Morgan fingerprint density at radius 1 is 1.43 bits per heavy atom. The van der Waals surface area contributed by atoms with E-state index < -0.39 is 0 Å². The normalized spacial score (nSPS) is 19.4. The molecule has 1 aliphatic rings. The van der Waals surface area contributed by atoms with Gasteiger partial charge in [-0.25, -0.2) is 4.79 Å². The van der Waals surface area contributed by atoms with Gasteiger partial charge in [0, 0.05) is 36.9 Å². The molecule has 1 aromatic rings. The van der Waals surface area contributed by atoms with E-state index in [9.17, 15) is 9.59 Å². The predicted octanol–water partition coefficient (Wildman–Crippen LogP) is 0.659. The van der Waals surface area contributed by atoms with E-state index in [2.05, 4.69) is 9.97 Å². The Balaban J connectivity index is 1.99. The molecule has 2 rings (SSSR count). The lowest BCUT2D eigenvalue weighted by Crippen LogP contribution is -2.39. The standard InChI is InChI=1S/C15H24N4O2/c1-10-13(11(2)18-15(21)17-10)6-7-14(20)19-8-4-3-5-12(16)9-19/h12H,3-9,16H2,1-2H3,(H,17,18,21)/t12-/m0/s1. The molecule has 0 spiro atoms. The van der Waals surface area contributed by atoms with Crippen molar-refractivity contribution in [2.24, 2.45) is 5.73 Å². The number of aromatic amines is 1. The molecule has 1 atom stereocenters. The van der Waals surface area contributed by atoms with Crippen LogP contribution in [0.3, 0.4) is 0 Å². The summed E-state index contributed by atoms with van der Waals surface area (Å²) in [7, 11) is 0. The lowest BCUT2D eigenvalue weighted by Gasteiger charge is -2.23. The zero-order chi connectivity index (χ0) is 15.4. The molecule has 1 aromatic heterocycles. The molecule has 3 N–H and O–H groups in total. The van der Waals surface area contributed by atoms with E-state index in [4.69, 9.17) is 5.73 Å². The third kappa shape index (κ3) is 4.14. The Bertz CT molecular complexity index is 541. The lowest BCUT2D eigenvalue weighted by molar-refractivity contribution is -0.131. The summed E-state index contributed by atoms with van der Waals surface area (Å²) >= 11 is 0. The van der Waals surface area contributed by atoms with Crippen LogP contribution in [0.2, 0.25) is 0 Å². The van der Waals surface area contributed by atoms with E-state index in [0.717, 1.165) is 37.1 Å². The Labute approximate surface area is 124 Å². The van der Waals surface area contributed by atoms with Crippen molar-refractivity contribution in [3.8, 4) is 0 Å². The van der Waals surface area contributed by atoms with E-state index in [0.29, 0.717) is 25.1 Å². The molecule has 0 unspecified atom stereocenters. The first-order valence-electron chi connectivity index (χ1n) is 7.57. The number of nitrogens with zero attached hydrogens (tertiary/aromatic N) is 2. The van der Waals surface area contributed by atoms with Crippen LogP contribution in [-0.2, 0) is 11.2 Å². The number of hydrogen-bond donors (Lipinski definition) is 2. The fraction of sp³-hybridized carbons (Fsp3) is 0.667. The number of aryl methyl sites for hydroxylation is 2. The number of likely N-dealkylation sites (tertiary alicyclic amines) is 1. The third-order valence-corrected chi connectivity index (χ3v) is 4.10. The first-order chi connectivity index (χ1) is 9.97. The van der Waals surface area contributed by atoms with Gasteiger partial charge in [-0.2, -0.15) is 4.98 Å². The Morgan fingerprint density at radius 3 is 2.90 bits per heavy atom. The van der Waals surface area contributed by atoms with E-state index in [1.54, 1.807) is 0 Å². The number of amides is 1. The van der Waals surface area contributed by atoms with Gasteiger partial charge < -0.3 is 15.6 Å². The third-order valence-electron chi connectivity index (χ3n) is 4.10. The molecule has 2 heterocycles. The van der Waals surface area contributed by atoms with Crippen LogP contribution in [0, 0.1) is 13.8 Å². The van der Waals surface area contributed by atoms with Gasteiger partial charge >= 0.3 is 5.69 Å². The maximum absolute atomic E-state index is 12.3. The number of rotatable bonds is 3. The molecular weight excluding hydrogens is 268 g/mol. The molecule has 0 aromatic carbocycles. The fourth-order valence-corrected chi connectivity index (χ4v) is 2.91. The molecule has 6 nitrogen and oxygen atoms in total. The second kappa shape index (κ2) is 6.85. The number of H-pyrrole nitrogens is 1. The van der Waals surface area contributed by atoms with Gasteiger partial charge in [-0.1, -0.05) is 6.42 Å². The zero-order valence-corrected chi connectivity index (χ0v) is 12.8. The van der Waals surface area contributed by atoms with E-state index in [1.165, 1.54) is 0 Å². The second-order valence-corrected chi connectivity index (χ2v) is 5.83. The first-order valence-corrected chi connectivity index (χ1v) is 7.57. The van der Waals surface area contributed by atoms with Gasteiger partial charge in [0.15, 0.2) is 0 Å². The summed E-state index contributed by atoms with van der Waals surface area (Å²) < 4.78 is 0. The van der Waals surface area contributed by atoms with Gasteiger partial charge in [0.25, 0.3) is 0 Å². The highest BCUT2D eigenvalue weighted by Crippen LogP contribution is 2.14. The fourth-order valence-electron chi connectivity index (χ4n) is 2.91. The van der Waals surface area contributed by atoms with E-state index in [-0.39, 0.29) is 17.6 Å². The van der Waals surface area contributed by atoms with E-state index in [1.807, 2.05) is 18.7 Å². The molecular formula is C15H24N4O2. The number of aromatic nitrogens is 2. The van der Waals surface area contributed by atoms with Crippen molar-refractivity contribution in [1.82, 2.24) is 14.9 Å². The van der Waals surface area contributed by atoms with E-state index >= 15 is 0 Å². The van der Waals surface area contributed by atoms with Crippen molar-refractivity contribution < 1.29 is 4.79 Å². The predicted molar refractivity (Wildman–Crippen MR) is 81.1 cm³/mol. The van der Waals surface area contributed by atoms with Crippen molar-refractivity contribution >= 4 is 5.91 Å². The molecule has 1 aliphatic heterocycles. The number of nitrogens with one attached hydrogen (secondary N) is 1. The monoisotopic (exact) mass is 292 g/mol. The molecule has 1 fully saturated rings. The lowest BCUT2D eigenvalue weighted by atomic mass is 10.1. The zero-order valence-electron chi connectivity index (χ0n) is 12.8. The average Bonchev–Trinajstić information content (AvgIpc) is 2.62. The molecule has 116 valence electrons. The first kappa shape index (κ1) is 15.7. The molecule has 1 amide bonds. The van der Waals surface area contributed by atoms with Crippen LogP contribution in [0.25, 0.3) is 0 Å². The van der Waals surface area contributed by atoms with Gasteiger partial charge in [0.2, 0.25) is 5.91 Å². The summed E-state index contributed by atoms with van der Waals surface area (Å²) in [6.45, 7) is 5.11. The SMILES string of the molecule is Cc1nc(=O)[nH]c(C)c1CCC(=O)N1CCCC[C@H](N)C1. The van der Waals surface area contributed by atoms with Crippen LogP contribution in [0.1, 0.15) is 42.6 Å². The minimum absolute atomic E-state index is 0.0923. The van der Waals surface area contributed by atoms with Gasteiger partial charge in [0.1, 0.15) is 0 Å². The smallest absolute Gasteiger partial charge is 0.341 e. The second-order valence-electron chi connectivity index (χ2n) is 5.83. The summed E-state index contributed by atoms with van der Waals surface area (Å²) in [6.07, 6.45) is 4.14. The van der Waals surface area contributed by atoms with Crippen LogP contribution in [-0.4, -0.2) is 39.9 Å². The van der Waals surface area contributed by atoms with Crippen molar-refractivity contribution in [3.63, 3.8) is 0 Å². The maximum Gasteiger partial charge on any atom is 0.345 e. The average molecular weight is 292 g/mol. The minimum atomic E-state index is -0.335. The summed E-state index contributed by atoms with van der Waals surface area (Å²) in [5, 5.41) is 0. The highest BCUT2D eigenvalue weighted by molar-refractivity contribution is 5.76. The van der Waals surface area contributed by atoms with Crippen LogP contribution in [0.15, 0.2) is 4.79 Å². The van der Waals surface area contributed by atoms with Crippen molar-refractivity contribution in [2.45, 2.75) is 52.0 Å². The van der Waals surface area contributed by atoms with Crippen molar-refractivity contribution in [2.75, 3.05) is 13.1 Å². The molecule has 1 saturated heterocycles. The highest BCUT2D eigenvalue weighted by Gasteiger charge is 2.20. The Kier molecular flexibility index (Phi) is 5.12. The maximum atomic E-state index is 12.3. The Morgan fingerprint density at radius 2 is 2.19 bits per heavy atom. The topological polar surface area (TPSA) is 92.1 Å². The van der Waals surface area contributed by atoms with Crippen molar-refractivity contribution in [1.29, 1.82) is 0 Å². The summed E-state index contributed by atoms with van der Waals surface area (Å²) in [4.78, 5) is 32.1. The van der Waals surface area contributed by atoms with Gasteiger partial charge in [-0.15, -0.1) is 0 Å². The van der Waals surface area contributed by atoms with Crippen LogP contribution in [0.5, 0.6) is 0 Å². The largest absolute Gasteiger partial charge is 0.345 e. The van der Waals surface area contributed by atoms with Crippen LogP contribution < -0.4 is 11.4 Å². The molecule has 6 heteroatoms. The number of hydrogen-bond acceptors (Lipinski definition) is 4. The van der Waals surface area contributed by atoms with Gasteiger partial charge in [0.05, 0.1) is 0 Å². The van der Waals surface area contributed by atoms with Crippen LogP contribution in [0.4, 0.5) is 0 Å². The highest BCUT2D eigenvalue weighted by atomic mass is 16.2. The molecule has 21 heavy (non-hydrogen) atoms. The molecule has 0 bridgehead atoms. The van der Waals surface area contributed by atoms with Gasteiger partial charge in [-0.3, -0.25) is 4.79 Å². The number of nitrogens with two attached hydrogens (primary N) is 1.